The van der Waals surface area contributed by atoms with Crippen molar-refractivity contribution in [3.05, 3.63) is 76.0 Å². The maximum Gasteiger partial charge on any atom is 0.434 e. The molecule has 0 aliphatic heterocycles. The molecule has 0 radical (unpaired) electrons. The summed E-state index contributed by atoms with van der Waals surface area (Å²) >= 11 is 11.6. The fourth-order valence-electron chi connectivity index (χ4n) is 2.59. The molecule has 0 aliphatic carbocycles. The van der Waals surface area contributed by atoms with Crippen LogP contribution in [-0.4, -0.2) is 28.1 Å². The van der Waals surface area contributed by atoms with Crippen molar-refractivity contribution >= 4 is 40.7 Å². The lowest BCUT2D eigenvalue weighted by atomic mass is 10.2. The molecule has 3 rings (SSSR count). The minimum atomic E-state index is -4.88. The van der Waals surface area contributed by atoms with E-state index in [0.29, 0.717) is 15.4 Å². The van der Waals surface area contributed by atoms with Gasteiger partial charge in [-0.3, -0.25) is 9.59 Å². The second-order valence-corrected chi connectivity index (χ2v) is 6.91. The summed E-state index contributed by atoms with van der Waals surface area (Å²) in [5, 5.41) is 9.01. The highest BCUT2D eigenvalue weighted by Crippen LogP contribution is 2.34. The summed E-state index contributed by atoms with van der Waals surface area (Å²) in [6.07, 6.45) is -4.09. The summed E-state index contributed by atoms with van der Waals surface area (Å²) in [5.74, 6) is -1.72. The summed E-state index contributed by atoms with van der Waals surface area (Å²) in [6.45, 7) is -0.541. The molecule has 0 bridgehead atoms. The molecular formula is C19H13Cl2F3N4O2. The number of nitrogens with zero attached hydrogens (tertiary/aromatic N) is 2. The van der Waals surface area contributed by atoms with Gasteiger partial charge in [0.1, 0.15) is 0 Å². The Balaban J connectivity index is 1.77. The van der Waals surface area contributed by atoms with Gasteiger partial charge in [0, 0.05) is 15.7 Å². The summed E-state index contributed by atoms with van der Waals surface area (Å²) in [4.78, 5) is 24.3. The van der Waals surface area contributed by atoms with Crippen LogP contribution in [0.3, 0.4) is 0 Å². The molecule has 3 aromatic rings. The highest BCUT2D eigenvalue weighted by atomic mass is 35.5. The topological polar surface area (TPSA) is 76.0 Å². The molecular weight excluding hydrogens is 444 g/mol. The van der Waals surface area contributed by atoms with Crippen LogP contribution in [0.25, 0.3) is 5.69 Å². The van der Waals surface area contributed by atoms with E-state index < -0.39 is 35.8 Å². The van der Waals surface area contributed by atoms with Crippen LogP contribution in [0.1, 0.15) is 16.1 Å². The van der Waals surface area contributed by atoms with Crippen LogP contribution in [0.5, 0.6) is 0 Å². The highest BCUT2D eigenvalue weighted by molar-refractivity contribution is 6.31. The van der Waals surface area contributed by atoms with Gasteiger partial charge < -0.3 is 10.6 Å². The fraction of sp³-hybridized carbons (Fsp3) is 0.105. The van der Waals surface area contributed by atoms with E-state index in [9.17, 15) is 22.8 Å². The summed E-state index contributed by atoms with van der Waals surface area (Å²) < 4.78 is 41.5. The van der Waals surface area contributed by atoms with Crippen molar-refractivity contribution in [2.24, 2.45) is 0 Å². The van der Waals surface area contributed by atoms with Gasteiger partial charge in [-0.2, -0.15) is 18.3 Å². The second kappa shape index (κ2) is 8.76. The van der Waals surface area contributed by atoms with Gasteiger partial charge in [0.25, 0.3) is 5.91 Å². The van der Waals surface area contributed by atoms with Crippen LogP contribution in [0.2, 0.25) is 10.0 Å². The van der Waals surface area contributed by atoms with E-state index in [2.05, 4.69) is 15.7 Å². The summed E-state index contributed by atoms with van der Waals surface area (Å²) in [6, 6.07) is 11.8. The van der Waals surface area contributed by atoms with Crippen LogP contribution in [0.15, 0.2) is 54.7 Å². The Kier molecular flexibility index (Phi) is 6.33. The van der Waals surface area contributed by atoms with Gasteiger partial charge in [-0.1, -0.05) is 29.3 Å². The number of benzene rings is 2. The Hall–Kier alpha value is -3.04. The van der Waals surface area contributed by atoms with Crippen molar-refractivity contribution in [1.29, 1.82) is 0 Å². The summed E-state index contributed by atoms with van der Waals surface area (Å²) in [7, 11) is 0. The van der Waals surface area contributed by atoms with Crippen molar-refractivity contribution in [3.8, 4) is 5.69 Å². The standard InChI is InChI=1S/C19H13Cl2F3N4O2/c20-11-4-6-13(7-5-11)27-16(29)10-25-18(30)15-9-26-28(17(15)19(22,23)24)14-3-1-2-12(21)8-14/h1-9H,10H2,(H,25,30)(H,27,29). The molecule has 2 N–H and O–H groups in total. The highest BCUT2D eigenvalue weighted by Gasteiger charge is 2.40. The maximum atomic E-state index is 13.6. The van der Waals surface area contributed by atoms with Crippen LogP contribution >= 0.6 is 23.2 Å². The normalized spacial score (nSPS) is 11.2. The largest absolute Gasteiger partial charge is 0.434 e. The van der Waals surface area contributed by atoms with Crippen LogP contribution < -0.4 is 10.6 Å². The zero-order chi connectivity index (χ0) is 21.9. The van der Waals surface area contributed by atoms with Gasteiger partial charge in [-0.05, 0) is 42.5 Å². The van der Waals surface area contributed by atoms with E-state index in [-0.39, 0.29) is 10.7 Å². The number of aromatic nitrogens is 2. The zero-order valence-electron chi connectivity index (χ0n) is 15.0. The van der Waals surface area contributed by atoms with Crippen molar-refractivity contribution in [2.45, 2.75) is 6.18 Å². The quantitative estimate of drug-likeness (QED) is 0.590. The Morgan fingerprint density at radius 2 is 1.73 bits per heavy atom. The predicted molar refractivity (Wildman–Crippen MR) is 106 cm³/mol. The molecule has 1 heterocycles. The Bertz CT molecular complexity index is 1080. The average molecular weight is 457 g/mol. The Morgan fingerprint density at radius 1 is 1.03 bits per heavy atom. The molecule has 0 saturated heterocycles. The first-order valence-electron chi connectivity index (χ1n) is 8.40. The Labute approximate surface area is 178 Å². The minimum Gasteiger partial charge on any atom is -0.343 e. The van der Waals surface area contributed by atoms with E-state index in [1.165, 1.54) is 24.3 Å². The lowest BCUT2D eigenvalue weighted by Gasteiger charge is -2.13. The molecule has 0 fully saturated rings. The van der Waals surface area contributed by atoms with Gasteiger partial charge >= 0.3 is 6.18 Å². The first kappa shape index (κ1) is 21.7. The van der Waals surface area contributed by atoms with Crippen molar-refractivity contribution in [1.82, 2.24) is 15.1 Å². The number of anilines is 1. The van der Waals surface area contributed by atoms with E-state index >= 15 is 0 Å². The number of nitrogens with one attached hydrogen (secondary N) is 2. The molecule has 2 aromatic carbocycles. The van der Waals surface area contributed by atoms with Gasteiger partial charge in [-0.25, -0.2) is 4.68 Å². The molecule has 0 saturated carbocycles. The zero-order valence-corrected chi connectivity index (χ0v) is 16.5. The number of alkyl halides is 3. The molecule has 0 unspecified atom stereocenters. The predicted octanol–water partition coefficient (Wildman–Crippen LogP) is 4.57. The van der Waals surface area contributed by atoms with Crippen LogP contribution in [0, 0.1) is 0 Å². The second-order valence-electron chi connectivity index (χ2n) is 6.03. The Morgan fingerprint density at radius 3 is 2.37 bits per heavy atom. The molecule has 30 heavy (non-hydrogen) atoms. The molecule has 0 spiro atoms. The van der Waals surface area contributed by atoms with Gasteiger partial charge in [-0.15, -0.1) is 0 Å². The number of amides is 2. The van der Waals surface area contributed by atoms with Gasteiger partial charge in [0.15, 0.2) is 5.69 Å². The van der Waals surface area contributed by atoms with E-state index in [1.54, 1.807) is 24.3 Å². The maximum absolute atomic E-state index is 13.6. The number of rotatable bonds is 5. The fourth-order valence-corrected chi connectivity index (χ4v) is 2.90. The third-order valence-electron chi connectivity index (χ3n) is 3.87. The molecule has 156 valence electrons. The first-order valence-corrected chi connectivity index (χ1v) is 9.15. The molecule has 1 aromatic heterocycles. The van der Waals surface area contributed by atoms with Crippen molar-refractivity contribution in [3.63, 3.8) is 0 Å². The molecule has 6 nitrogen and oxygen atoms in total. The molecule has 0 aliphatic rings. The van der Waals surface area contributed by atoms with E-state index in [1.807, 2.05) is 0 Å². The monoisotopic (exact) mass is 456 g/mol. The summed E-state index contributed by atoms with van der Waals surface area (Å²) in [5.41, 5.74) is -1.54. The van der Waals surface area contributed by atoms with Crippen LogP contribution in [0.4, 0.5) is 18.9 Å². The molecule has 11 heteroatoms. The number of carbonyl (C=O) groups is 2. The van der Waals surface area contributed by atoms with Crippen LogP contribution in [-0.2, 0) is 11.0 Å². The number of hydrogen-bond donors (Lipinski definition) is 2. The number of halogens is 5. The van der Waals surface area contributed by atoms with Crippen molar-refractivity contribution < 1.29 is 22.8 Å². The lowest BCUT2D eigenvalue weighted by Crippen LogP contribution is -2.34. The average Bonchev–Trinajstić information content (AvgIpc) is 3.14. The third kappa shape index (κ3) is 5.11. The SMILES string of the molecule is O=C(CNC(=O)c1cnn(-c2cccc(Cl)c2)c1C(F)(F)F)Nc1ccc(Cl)cc1. The van der Waals surface area contributed by atoms with Gasteiger partial charge in [0.2, 0.25) is 5.91 Å². The lowest BCUT2D eigenvalue weighted by molar-refractivity contribution is -0.143. The van der Waals surface area contributed by atoms with Gasteiger partial charge in [0.05, 0.1) is 24.0 Å². The van der Waals surface area contributed by atoms with Crippen molar-refractivity contribution in [2.75, 3.05) is 11.9 Å². The number of hydrogen-bond acceptors (Lipinski definition) is 3. The molecule has 2 amide bonds. The third-order valence-corrected chi connectivity index (χ3v) is 4.36. The first-order chi connectivity index (χ1) is 14.1. The number of carbonyl (C=O) groups excluding carboxylic acids is 2. The molecule has 0 atom stereocenters. The van der Waals surface area contributed by atoms with E-state index in [4.69, 9.17) is 23.2 Å². The smallest absolute Gasteiger partial charge is 0.343 e. The minimum absolute atomic E-state index is 0.0364. The van der Waals surface area contributed by atoms with E-state index in [0.717, 1.165) is 6.20 Å².